The number of halogens is 5. The molecule has 0 saturated carbocycles. The van der Waals surface area contributed by atoms with Crippen molar-refractivity contribution < 1.29 is 41.2 Å². The summed E-state index contributed by atoms with van der Waals surface area (Å²) < 4.78 is 78.4. The fourth-order valence-corrected chi connectivity index (χ4v) is 6.37. The first-order valence-corrected chi connectivity index (χ1v) is 12.3. The van der Waals surface area contributed by atoms with Crippen molar-refractivity contribution in [2.24, 2.45) is 0 Å². The fraction of sp³-hybridized carbons (Fsp3) is 0.458. The predicted octanol–water partition coefficient (Wildman–Crippen LogP) is 3.84. The van der Waals surface area contributed by atoms with E-state index in [0.717, 1.165) is 31.7 Å². The summed E-state index contributed by atoms with van der Waals surface area (Å²) in [4.78, 5) is 15.2. The Labute approximate surface area is 215 Å². The van der Waals surface area contributed by atoms with Crippen molar-refractivity contribution in [1.82, 2.24) is 4.90 Å². The summed E-state index contributed by atoms with van der Waals surface area (Å²) in [6.07, 6.45) is -5.58. The molecule has 1 amide bonds. The topological polar surface area (TPSA) is 71.0 Å². The highest BCUT2D eigenvalue weighted by atomic mass is 32.2. The second-order valence-corrected chi connectivity index (χ2v) is 11.3. The Hall–Kier alpha value is -2.35. The van der Waals surface area contributed by atoms with Crippen molar-refractivity contribution in [3.05, 3.63) is 53.1 Å². The average Bonchev–Trinajstić information content (AvgIpc) is 3.33. The second-order valence-electron chi connectivity index (χ2n) is 9.63. The number of carbonyl (C=O) groups excluding carboxylic acids is 1. The van der Waals surface area contributed by atoms with Gasteiger partial charge in [-0.15, -0.1) is 11.8 Å². The highest BCUT2D eigenvalue weighted by molar-refractivity contribution is 8.02. The zero-order valence-corrected chi connectivity index (χ0v) is 21.3. The molecule has 0 radical (unpaired) electrons. The Bertz CT molecular complexity index is 1200. The number of likely N-dealkylation sites (N-methyl/N-ethyl adjacent to an activating group) is 1. The fourth-order valence-electron chi connectivity index (χ4n) is 4.82. The van der Waals surface area contributed by atoms with E-state index in [1.165, 1.54) is 6.07 Å². The van der Waals surface area contributed by atoms with Gasteiger partial charge >= 0.3 is 13.3 Å². The van der Waals surface area contributed by atoms with E-state index in [9.17, 15) is 31.8 Å². The Morgan fingerprint density at radius 3 is 2.57 bits per heavy atom. The lowest BCUT2D eigenvalue weighted by atomic mass is 9.79. The van der Waals surface area contributed by atoms with Gasteiger partial charge in [-0.2, -0.15) is 17.6 Å². The number of nitrogens with zero attached hydrogens (tertiary/aromatic N) is 1. The quantitative estimate of drug-likeness (QED) is 0.426. The van der Waals surface area contributed by atoms with E-state index in [2.05, 4.69) is 5.32 Å². The molecule has 1 unspecified atom stereocenters. The van der Waals surface area contributed by atoms with Crippen LogP contribution in [-0.4, -0.2) is 66.9 Å². The van der Waals surface area contributed by atoms with Gasteiger partial charge in [0.2, 0.25) is 11.7 Å². The molecule has 2 aromatic rings. The third kappa shape index (κ3) is 5.18. The number of thioether (sulfide) groups is 1. The molecule has 2 heterocycles. The molecule has 1 saturated heterocycles. The van der Waals surface area contributed by atoms with Gasteiger partial charge in [-0.1, -0.05) is 12.1 Å². The largest absolute Gasteiger partial charge is 0.493 e. The molecule has 0 aromatic heterocycles. The number of amides is 1. The monoisotopic (exact) mass is 544 g/mol. The third-order valence-corrected chi connectivity index (χ3v) is 8.41. The summed E-state index contributed by atoms with van der Waals surface area (Å²) >= 11 is 0.424. The predicted molar refractivity (Wildman–Crippen MR) is 131 cm³/mol. The zero-order valence-electron chi connectivity index (χ0n) is 20.5. The normalized spacial score (nSPS) is 25.5. The molecule has 200 valence electrons. The van der Waals surface area contributed by atoms with Crippen LogP contribution < -0.4 is 15.5 Å². The van der Waals surface area contributed by atoms with Gasteiger partial charge in [-0.3, -0.25) is 4.79 Å². The number of methoxy groups -OCH3 is 1. The van der Waals surface area contributed by atoms with Crippen LogP contribution in [0.1, 0.15) is 36.5 Å². The lowest BCUT2D eigenvalue weighted by molar-refractivity contribution is -0.155. The maximum Gasteiger partial charge on any atom is 0.492 e. The molecular formula is C24H26BF5N2O4S. The first-order chi connectivity index (χ1) is 17.3. The van der Waals surface area contributed by atoms with Crippen LogP contribution in [-0.2, 0) is 9.45 Å². The van der Waals surface area contributed by atoms with Crippen LogP contribution in [0.25, 0.3) is 0 Å². The van der Waals surface area contributed by atoms with Crippen molar-refractivity contribution in [3.8, 4) is 5.75 Å². The second kappa shape index (κ2) is 10.1. The molecule has 6 nitrogen and oxygen atoms in total. The molecule has 37 heavy (non-hydrogen) atoms. The van der Waals surface area contributed by atoms with E-state index in [1.54, 1.807) is 12.1 Å². The molecule has 0 spiro atoms. The highest BCUT2D eigenvalue weighted by Crippen LogP contribution is 2.59. The van der Waals surface area contributed by atoms with E-state index < -0.39 is 58.9 Å². The molecule has 4 atom stereocenters. The molecule has 2 aliphatic rings. The first kappa shape index (κ1) is 27.7. The maximum absolute atomic E-state index is 14.4. The maximum atomic E-state index is 14.4. The van der Waals surface area contributed by atoms with Gasteiger partial charge in [0.25, 0.3) is 0 Å². The number of nitrogens with one attached hydrogen (secondary N) is 1. The van der Waals surface area contributed by atoms with E-state index in [-0.39, 0.29) is 17.4 Å². The minimum Gasteiger partial charge on any atom is -0.493 e. The van der Waals surface area contributed by atoms with Crippen molar-refractivity contribution >= 4 is 35.9 Å². The number of hydrogen-bond acceptors (Lipinski definition) is 6. The average molecular weight is 544 g/mol. The summed E-state index contributed by atoms with van der Waals surface area (Å²) in [6, 6.07) is 6.74. The minimum atomic E-state index is -4.66. The number of alkyl halides is 3. The summed E-state index contributed by atoms with van der Waals surface area (Å²) in [7, 11) is 3.58. The molecule has 2 aromatic carbocycles. The lowest BCUT2D eigenvalue weighted by Gasteiger charge is -2.26. The smallest absolute Gasteiger partial charge is 0.492 e. The molecular weight excluding hydrogens is 518 g/mol. The van der Waals surface area contributed by atoms with Crippen LogP contribution in [0.15, 0.2) is 30.3 Å². The van der Waals surface area contributed by atoms with Crippen molar-refractivity contribution in [1.29, 1.82) is 0 Å². The number of carbonyl (C=O) groups is 1. The number of fused-ring (bicyclic) bond motifs is 1. The summed E-state index contributed by atoms with van der Waals surface area (Å²) in [5, 5.41) is 11.7. The number of hydrogen-bond donors (Lipinski definition) is 2. The third-order valence-electron chi connectivity index (χ3n) is 6.70. The van der Waals surface area contributed by atoms with E-state index in [1.807, 2.05) is 19.0 Å². The summed E-state index contributed by atoms with van der Waals surface area (Å²) in [5.74, 6) is -4.93. The van der Waals surface area contributed by atoms with Gasteiger partial charge < -0.3 is 24.6 Å². The van der Waals surface area contributed by atoms with Crippen molar-refractivity contribution in [2.75, 3.05) is 33.1 Å². The standard InChI is InChI=1S/C24H26BF5N2O4S/c1-23(24(28,29)30)10-15(13-7-8-17(26)19(27)20(13)35-4)21(37-23)22(33)31-12-5-6-14-16(9-12)25(34)36-18(14)11-32(2)3/h5-9,15,18,21,34H,10-11H2,1-4H3,(H,31,33)/t15-,18?,21+,23+/m0/s1. The molecule has 2 N–H and O–H groups in total. The SMILES string of the molecule is COc1c([C@@H]2C[C@](C)(C(F)(F)F)S[C@H]2C(=O)Nc2ccc3c(c2)B(O)OC3CN(C)C)ccc(F)c1F. The van der Waals surface area contributed by atoms with Gasteiger partial charge in [-0.25, -0.2) is 4.39 Å². The number of ether oxygens (including phenoxy) is 1. The van der Waals surface area contributed by atoms with Crippen LogP contribution in [0, 0.1) is 11.6 Å². The minimum absolute atomic E-state index is 0.0219. The lowest BCUT2D eigenvalue weighted by Crippen LogP contribution is -2.37. The van der Waals surface area contributed by atoms with E-state index in [0.29, 0.717) is 23.8 Å². The molecule has 1 fully saturated rings. The van der Waals surface area contributed by atoms with Crippen LogP contribution >= 0.6 is 11.8 Å². The molecule has 13 heteroatoms. The van der Waals surface area contributed by atoms with Gasteiger partial charge in [0.1, 0.15) is 4.75 Å². The Kier molecular flexibility index (Phi) is 7.55. The summed E-state index contributed by atoms with van der Waals surface area (Å²) in [6.45, 7) is 1.50. The number of benzene rings is 2. The van der Waals surface area contributed by atoms with Crippen molar-refractivity contribution in [2.45, 2.75) is 41.5 Å². The van der Waals surface area contributed by atoms with Gasteiger partial charge in [0.15, 0.2) is 11.6 Å². The van der Waals surface area contributed by atoms with Crippen LogP contribution in [0.4, 0.5) is 27.6 Å². The highest BCUT2D eigenvalue weighted by Gasteiger charge is 2.61. The van der Waals surface area contributed by atoms with Crippen molar-refractivity contribution in [3.63, 3.8) is 0 Å². The molecule has 0 aliphatic carbocycles. The first-order valence-electron chi connectivity index (χ1n) is 11.4. The zero-order chi connectivity index (χ0) is 27.3. The number of anilines is 1. The molecule has 0 bridgehead atoms. The van der Waals surface area contributed by atoms with Crippen LogP contribution in [0.2, 0.25) is 0 Å². The Morgan fingerprint density at radius 1 is 1.27 bits per heavy atom. The Balaban J connectivity index is 1.65. The number of rotatable bonds is 6. The van der Waals surface area contributed by atoms with Crippen LogP contribution in [0.5, 0.6) is 5.75 Å². The molecule has 4 rings (SSSR count). The van der Waals surface area contributed by atoms with E-state index in [4.69, 9.17) is 9.39 Å². The molecule has 2 aliphatic heterocycles. The van der Waals surface area contributed by atoms with Gasteiger partial charge in [0.05, 0.1) is 18.5 Å². The van der Waals surface area contributed by atoms with Gasteiger partial charge in [-0.05, 0) is 56.7 Å². The van der Waals surface area contributed by atoms with Crippen LogP contribution in [0.3, 0.4) is 0 Å². The van der Waals surface area contributed by atoms with Gasteiger partial charge in [0, 0.05) is 23.7 Å². The Morgan fingerprint density at radius 2 is 1.95 bits per heavy atom. The van der Waals surface area contributed by atoms with E-state index >= 15 is 0 Å². The summed E-state index contributed by atoms with van der Waals surface area (Å²) in [5.41, 5.74) is 1.42.